The fraction of sp³-hybridized carbons (Fsp3) is 0.690. The molecule has 0 saturated carbocycles. The standard InChI is InChI=1S/C42H66N5O10P/c1-4-5-6-7-8-9-10-11-12-13-14-15-16-17-18-19-24-53-28-35(54-27-34-21-20-33(26-43)25-37(34)52-3)29-56-58(50,51)57-30-41(2)40(48)42(49,31-55-41)38-23-22-36-39(44)45-32-46-47(36)38/h20-23,25,32,35,40,48-49H,4-19,24,27-31H2,1-3H3,(H,50,51)(H2,44,45,46)/t35-,40+,41+,42?/m0/s1. The lowest BCUT2D eigenvalue weighted by Crippen LogP contribution is -2.49. The van der Waals surface area contributed by atoms with E-state index in [2.05, 4.69) is 23.1 Å². The molecule has 1 fully saturated rings. The molecule has 1 aliphatic rings. The number of hydrogen-bond donors (Lipinski definition) is 4. The second kappa shape index (κ2) is 24.2. The van der Waals surface area contributed by atoms with Gasteiger partial charge in [-0.1, -0.05) is 109 Å². The van der Waals surface area contributed by atoms with E-state index in [0.717, 1.165) is 19.3 Å². The van der Waals surface area contributed by atoms with Crippen LogP contribution in [0.15, 0.2) is 36.7 Å². The van der Waals surface area contributed by atoms with E-state index in [0.29, 0.717) is 29.0 Å². The highest BCUT2D eigenvalue weighted by Gasteiger charge is 2.58. The number of phosphoric ester groups is 1. The van der Waals surface area contributed by atoms with Crippen LogP contribution in [0.2, 0.25) is 0 Å². The maximum absolute atomic E-state index is 13.1. The summed E-state index contributed by atoms with van der Waals surface area (Å²) in [6, 6.07) is 10.2. The van der Waals surface area contributed by atoms with Crippen LogP contribution in [0, 0.1) is 11.3 Å². The Bertz CT molecular complexity index is 1760. The number of anilines is 1. The molecule has 1 saturated heterocycles. The number of rotatable bonds is 30. The number of unbranched alkanes of at least 4 members (excludes halogenated alkanes) is 15. The van der Waals surface area contributed by atoms with Gasteiger partial charge in [-0.3, -0.25) is 9.05 Å². The highest BCUT2D eigenvalue weighted by atomic mass is 31.2. The lowest BCUT2D eigenvalue weighted by atomic mass is 9.86. The number of methoxy groups -OCH3 is 1. The number of nitriles is 1. The normalized spacial score (nSPS) is 20.9. The molecule has 5 atom stereocenters. The van der Waals surface area contributed by atoms with Gasteiger partial charge in [0.05, 0.1) is 57.5 Å². The zero-order chi connectivity index (χ0) is 41.9. The maximum Gasteiger partial charge on any atom is 0.472 e. The van der Waals surface area contributed by atoms with E-state index in [1.54, 1.807) is 30.3 Å². The Balaban J connectivity index is 1.20. The van der Waals surface area contributed by atoms with Crippen LogP contribution in [0.4, 0.5) is 5.82 Å². The third kappa shape index (κ3) is 14.2. The molecule has 0 aliphatic carbocycles. The van der Waals surface area contributed by atoms with Gasteiger partial charge < -0.3 is 39.8 Å². The Morgan fingerprint density at radius 2 is 1.62 bits per heavy atom. The first-order chi connectivity index (χ1) is 28.0. The van der Waals surface area contributed by atoms with Crippen molar-refractivity contribution in [2.24, 2.45) is 0 Å². The Kier molecular flexibility index (Phi) is 19.8. The zero-order valence-corrected chi connectivity index (χ0v) is 35.6. The highest BCUT2D eigenvalue weighted by Crippen LogP contribution is 2.47. The average Bonchev–Trinajstić information content (AvgIpc) is 3.77. The third-order valence-electron chi connectivity index (χ3n) is 10.9. The number of benzene rings is 1. The molecule has 324 valence electrons. The summed E-state index contributed by atoms with van der Waals surface area (Å²) in [7, 11) is -3.23. The van der Waals surface area contributed by atoms with Gasteiger partial charge in [-0.2, -0.15) is 10.4 Å². The summed E-state index contributed by atoms with van der Waals surface area (Å²) >= 11 is 0. The van der Waals surface area contributed by atoms with Gasteiger partial charge in [-0.25, -0.2) is 14.1 Å². The smallest absolute Gasteiger partial charge is 0.472 e. The Morgan fingerprint density at radius 3 is 2.24 bits per heavy atom. The van der Waals surface area contributed by atoms with E-state index in [4.69, 9.17) is 33.7 Å². The third-order valence-corrected chi connectivity index (χ3v) is 11.8. The quantitative estimate of drug-likeness (QED) is 0.0378. The van der Waals surface area contributed by atoms with Gasteiger partial charge in [0.1, 0.15) is 35.4 Å². The lowest BCUT2D eigenvalue weighted by Gasteiger charge is -2.32. The van der Waals surface area contributed by atoms with Crippen molar-refractivity contribution in [1.29, 1.82) is 5.26 Å². The topological polar surface area (TPSA) is 213 Å². The lowest BCUT2D eigenvalue weighted by molar-refractivity contribution is -0.101. The molecule has 0 amide bonds. The predicted octanol–water partition coefficient (Wildman–Crippen LogP) is 7.53. The number of nitrogen functional groups attached to an aromatic ring is 1. The molecule has 0 radical (unpaired) electrons. The van der Waals surface area contributed by atoms with E-state index < -0.39 is 37.8 Å². The van der Waals surface area contributed by atoms with Gasteiger partial charge in [0.2, 0.25) is 0 Å². The Labute approximate surface area is 343 Å². The number of fused-ring (bicyclic) bond motifs is 1. The van der Waals surface area contributed by atoms with E-state index in [1.807, 2.05) is 0 Å². The summed E-state index contributed by atoms with van der Waals surface area (Å²) in [5.41, 5.74) is 4.13. The van der Waals surface area contributed by atoms with E-state index >= 15 is 0 Å². The van der Waals surface area contributed by atoms with Crippen LogP contribution >= 0.6 is 7.82 Å². The van der Waals surface area contributed by atoms with Crippen molar-refractivity contribution >= 4 is 19.2 Å². The monoisotopic (exact) mass is 831 g/mol. The highest BCUT2D eigenvalue weighted by molar-refractivity contribution is 7.47. The van der Waals surface area contributed by atoms with Crippen molar-refractivity contribution in [3.8, 4) is 11.8 Å². The molecule has 1 aromatic carbocycles. The molecule has 3 heterocycles. The zero-order valence-electron chi connectivity index (χ0n) is 34.7. The van der Waals surface area contributed by atoms with Crippen molar-refractivity contribution < 1.29 is 47.7 Å². The van der Waals surface area contributed by atoms with Crippen LogP contribution in [0.1, 0.15) is 133 Å². The minimum Gasteiger partial charge on any atom is -0.496 e. The summed E-state index contributed by atoms with van der Waals surface area (Å²) in [6.45, 7) is 3.06. The number of ether oxygens (including phenoxy) is 4. The molecule has 58 heavy (non-hydrogen) atoms. The van der Waals surface area contributed by atoms with Gasteiger partial charge >= 0.3 is 7.82 Å². The first-order valence-corrected chi connectivity index (χ1v) is 22.5. The summed E-state index contributed by atoms with van der Waals surface area (Å²) in [5, 5.41) is 36.3. The maximum atomic E-state index is 13.1. The van der Waals surface area contributed by atoms with Gasteiger partial charge in [0.15, 0.2) is 11.4 Å². The van der Waals surface area contributed by atoms with Gasteiger partial charge in [-0.15, -0.1) is 0 Å². The Morgan fingerprint density at radius 1 is 0.983 bits per heavy atom. The fourth-order valence-corrected chi connectivity index (χ4v) is 8.08. The van der Waals surface area contributed by atoms with E-state index in [-0.39, 0.29) is 37.9 Å². The van der Waals surface area contributed by atoms with Gasteiger partial charge in [-0.05, 0) is 37.6 Å². The van der Waals surface area contributed by atoms with Crippen LogP contribution in [-0.4, -0.2) is 87.7 Å². The summed E-state index contributed by atoms with van der Waals surface area (Å²) in [5.74, 6) is 0.656. The molecule has 15 nitrogen and oxygen atoms in total. The van der Waals surface area contributed by atoms with Gasteiger partial charge in [0.25, 0.3) is 0 Å². The van der Waals surface area contributed by atoms with Crippen LogP contribution in [0.3, 0.4) is 0 Å². The first kappa shape index (κ1) is 47.5. The second-order valence-electron chi connectivity index (χ2n) is 15.6. The molecule has 4 rings (SSSR count). The van der Waals surface area contributed by atoms with Gasteiger partial charge in [0, 0.05) is 12.2 Å². The van der Waals surface area contributed by atoms with Crippen molar-refractivity contribution in [3.05, 3.63) is 53.5 Å². The fourth-order valence-electron chi connectivity index (χ4n) is 7.23. The van der Waals surface area contributed by atoms with Crippen molar-refractivity contribution in [2.75, 3.05) is 45.9 Å². The largest absolute Gasteiger partial charge is 0.496 e. The number of phosphoric acid groups is 1. The van der Waals surface area contributed by atoms with Crippen molar-refractivity contribution in [1.82, 2.24) is 14.6 Å². The number of aliphatic hydroxyl groups is 2. The van der Waals surface area contributed by atoms with Crippen LogP contribution in [-0.2, 0) is 40.0 Å². The van der Waals surface area contributed by atoms with Crippen LogP contribution in [0.25, 0.3) is 5.52 Å². The molecule has 2 aromatic heterocycles. The van der Waals surface area contributed by atoms with Crippen molar-refractivity contribution in [2.45, 2.75) is 147 Å². The van der Waals surface area contributed by atoms with Crippen molar-refractivity contribution in [3.63, 3.8) is 0 Å². The molecule has 0 spiro atoms. The van der Waals surface area contributed by atoms with Crippen LogP contribution < -0.4 is 10.5 Å². The molecule has 2 unspecified atom stereocenters. The number of aromatic nitrogens is 3. The molecular weight excluding hydrogens is 765 g/mol. The SMILES string of the molecule is CCCCCCCCCCCCCCCCCCOC[C@@H](COP(=O)(O)OC[C@@]1(C)OCC(O)(c2ccc3c(N)ncnn23)[C@@H]1O)OCc1ccc(C#N)cc1OC. The second-order valence-corrected chi connectivity index (χ2v) is 17.0. The first-order valence-electron chi connectivity index (χ1n) is 21.0. The summed E-state index contributed by atoms with van der Waals surface area (Å²) in [4.78, 5) is 14.6. The predicted molar refractivity (Wildman–Crippen MR) is 220 cm³/mol. The number of nitrogens with zero attached hydrogens (tertiary/aromatic N) is 4. The minimum absolute atomic E-state index is 0.0591. The average molecular weight is 832 g/mol. The van der Waals surface area contributed by atoms with E-state index in [1.165, 1.54) is 108 Å². The molecule has 3 aromatic rings. The van der Waals surface area contributed by atoms with E-state index in [9.17, 15) is 24.9 Å². The number of nitrogens with two attached hydrogens (primary N) is 1. The summed E-state index contributed by atoms with van der Waals surface area (Å²) < 4.78 is 48.4. The molecule has 16 heteroatoms. The number of aliphatic hydroxyl groups excluding tert-OH is 1. The van der Waals surface area contributed by atoms with Crippen LogP contribution in [0.5, 0.6) is 5.75 Å². The molecule has 5 N–H and O–H groups in total. The molecular formula is C42H66N5O10P. The minimum atomic E-state index is -4.73. The Hall–Kier alpha value is -3.16. The summed E-state index contributed by atoms with van der Waals surface area (Å²) in [6.07, 6.45) is 19.3. The molecule has 0 bridgehead atoms. The molecule has 1 aliphatic heterocycles. The number of hydrogen-bond acceptors (Lipinski definition) is 13.